The van der Waals surface area contributed by atoms with Crippen molar-refractivity contribution in [3.63, 3.8) is 0 Å². The van der Waals surface area contributed by atoms with Crippen LogP contribution in [0.1, 0.15) is 26.7 Å². The van der Waals surface area contributed by atoms with Crippen LogP contribution in [0.15, 0.2) is 41.0 Å². The Morgan fingerprint density at radius 2 is 2.03 bits per heavy atom. The molecule has 3 heterocycles. The van der Waals surface area contributed by atoms with E-state index in [4.69, 9.17) is 4.98 Å². The minimum Gasteiger partial charge on any atom is -0.353 e. The van der Waals surface area contributed by atoms with Crippen LogP contribution >= 0.6 is 15.9 Å². The molecule has 4 rings (SSSR count). The first-order valence-corrected chi connectivity index (χ1v) is 11.2. The summed E-state index contributed by atoms with van der Waals surface area (Å²) in [7, 11) is 0. The third kappa shape index (κ3) is 4.34. The number of rotatable bonds is 4. The van der Waals surface area contributed by atoms with Crippen molar-refractivity contribution in [3.8, 4) is 0 Å². The Labute approximate surface area is 180 Å². The number of carbonyl (C=O) groups excluding carboxylic acids is 1. The summed E-state index contributed by atoms with van der Waals surface area (Å²) in [5.41, 5.74) is 3.16. The van der Waals surface area contributed by atoms with Gasteiger partial charge in [-0.05, 0) is 49.1 Å². The minimum absolute atomic E-state index is 0.0516. The summed E-state index contributed by atoms with van der Waals surface area (Å²) in [6.45, 7) is 8.25. The highest BCUT2D eigenvalue weighted by molar-refractivity contribution is 9.10. The molecule has 0 saturated carbocycles. The summed E-state index contributed by atoms with van der Waals surface area (Å²) in [6, 6.07) is 10.4. The molecule has 0 radical (unpaired) electrons. The highest BCUT2D eigenvalue weighted by Gasteiger charge is 2.22. The van der Waals surface area contributed by atoms with E-state index in [0.717, 1.165) is 65.9 Å². The molecule has 2 aromatic heterocycles. The summed E-state index contributed by atoms with van der Waals surface area (Å²) < 4.78 is 3.22. The topological polar surface area (TPSA) is 52.9 Å². The van der Waals surface area contributed by atoms with Gasteiger partial charge in [-0.25, -0.2) is 9.78 Å². The van der Waals surface area contributed by atoms with Crippen molar-refractivity contribution in [2.75, 3.05) is 37.6 Å². The standard InChI is InChI=1S/C22H28BrN5O/c1-16(2)8-9-24-22(29)27-11-4-10-26(13-14-27)21-20-5-3-12-28(20)19-7-6-17(23)15-18(19)25-21/h3,5-7,12,15-16H,4,8-11,13-14H2,1-2H3,(H,24,29). The fourth-order valence-electron chi connectivity index (χ4n) is 3.88. The van der Waals surface area contributed by atoms with E-state index in [2.05, 4.69) is 74.9 Å². The Morgan fingerprint density at radius 1 is 1.17 bits per heavy atom. The number of hydrogen-bond donors (Lipinski definition) is 1. The zero-order valence-electron chi connectivity index (χ0n) is 17.1. The van der Waals surface area contributed by atoms with Gasteiger partial charge in [-0.1, -0.05) is 29.8 Å². The third-order valence-corrected chi connectivity index (χ3v) is 5.98. The molecule has 0 atom stereocenters. The highest BCUT2D eigenvalue weighted by atomic mass is 79.9. The molecular weight excluding hydrogens is 430 g/mol. The van der Waals surface area contributed by atoms with Crippen LogP contribution in [0.2, 0.25) is 0 Å². The Kier molecular flexibility index (Phi) is 5.94. The van der Waals surface area contributed by atoms with E-state index in [1.807, 2.05) is 11.0 Å². The molecule has 0 spiro atoms. The lowest BCUT2D eigenvalue weighted by molar-refractivity contribution is 0.201. The van der Waals surface area contributed by atoms with E-state index in [1.165, 1.54) is 0 Å². The third-order valence-electron chi connectivity index (χ3n) is 5.48. The van der Waals surface area contributed by atoms with Crippen LogP contribution in [0.25, 0.3) is 16.6 Å². The normalized spacial score (nSPS) is 15.3. The average Bonchev–Trinajstić information content (AvgIpc) is 3.04. The first kappa shape index (κ1) is 20.0. The van der Waals surface area contributed by atoms with Crippen LogP contribution in [-0.2, 0) is 0 Å². The van der Waals surface area contributed by atoms with E-state index >= 15 is 0 Å². The number of fused-ring (bicyclic) bond motifs is 3. The van der Waals surface area contributed by atoms with Gasteiger partial charge in [-0.15, -0.1) is 0 Å². The summed E-state index contributed by atoms with van der Waals surface area (Å²) in [6.07, 6.45) is 4.03. The number of halogens is 1. The van der Waals surface area contributed by atoms with Gasteiger partial charge in [-0.2, -0.15) is 0 Å². The number of urea groups is 1. The van der Waals surface area contributed by atoms with E-state index in [0.29, 0.717) is 12.5 Å². The van der Waals surface area contributed by atoms with Gasteiger partial charge in [0.25, 0.3) is 0 Å². The second-order valence-corrected chi connectivity index (χ2v) is 8.99. The van der Waals surface area contributed by atoms with Crippen LogP contribution in [0.5, 0.6) is 0 Å². The lowest BCUT2D eigenvalue weighted by atomic mass is 10.1. The maximum atomic E-state index is 12.5. The first-order valence-electron chi connectivity index (χ1n) is 10.4. The summed E-state index contributed by atoms with van der Waals surface area (Å²) >= 11 is 3.56. The van der Waals surface area contributed by atoms with Crippen LogP contribution in [0, 0.1) is 5.92 Å². The average molecular weight is 458 g/mol. The molecular formula is C22H28BrN5O. The molecule has 0 bridgehead atoms. The number of amides is 2. The van der Waals surface area contributed by atoms with Gasteiger partial charge in [0.05, 0.1) is 16.6 Å². The highest BCUT2D eigenvalue weighted by Crippen LogP contribution is 2.27. The van der Waals surface area contributed by atoms with Crippen LogP contribution in [0.4, 0.5) is 10.6 Å². The fourth-order valence-corrected chi connectivity index (χ4v) is 4.23. The molecule has 2 amide bonds. The van der Waals surface area contributed by atoms with Crippen LogP contribution in [0.3, 0.4) is 0 Å². The summed E-state index contributed by atoms with van der Waals surface area (Å²) in [4.78, 5) is 21.8. The van der Waals surface area contributed by atoms with Crippen LogP contribution < -0.4 is 10.2 Å². The monoisotopic (exact) mass is 457 g/mol. The molecule has 154 valence electrons. The van der Waals surface area contributed by atoms with Crippen molar-refractivity contribution in [2.45, 2.75) is 26.7 Å². The Morgan fingerprint density at radius 3 is 2.86 bits per heavy atom. The van der Waals surface area contributed by atoms with Crippen molar-refractivity contribution in [1.82, 2.24) is 19.6 Å². The quantitative estimate of drug-likeness (QED) is 0.626. The number of aromatic nitrogens is 2. The van der Waals surface area contributed by atoms with Crippen molar-refractivity contribution < 1.29 is 4.79 Å². The number of carbonyl (C=O) groups is 1. The molecule has 29 heavy (non-hydrogen) atoms. The molecule has 7 heteroatoms. The lowest BCUT2D eigenvalue weighted by Crippen LogP contribution is -2.42. The molecule has 1 saturated heterocycles. The summed E-state index contributed by atoms with van der Waals surface area (Å²) in [5, 5.41) is 3.07. The van der Waals surface area contributed by atoms with Crippen molar-refractivity contribution >= 4 is 44.3 Å². The molecule has 1 aliphatic heterocycles. The van der Waals surface area contributed by atoms with E-state index in [1.54, 1.807) is 0 Å². The molecule has 6 nitrogen and oxygen atoms in total. The van der Waals surface area contributed by atoms with Gasteiger partial charge < -0.3 is 19.5 Å². The fraction of sp³-hybridized carbons (Fsp3) is 0.455. The van der Waals surface area contributed by atoms with E-state index < -0.39 is 0 Å². The van der Waals surface area contributed by atoms with Gasteiger partial charge in [0.2, 0.25) is 0 Å². The van der Waals surface area contributed by atoms with Crippen molar-refractivity contribution in [1.29, 1.82) is 0 Å². The number of nitrogens with one attached hydrogen (secondary N) is 1. The Hall–Kier alpha value is -2.28. The maximum absolute atomic E-state index is 12.5. The number of benzene rings is 1. The predicted octanol–water partition coefficient (Wildman–Crippen LogP) is 4.52. The van der Waals surface area contributed by atoms with Gasteiger partial charge in [0.15, 0.2) is 5.82 Å². The first-order chi connectivity index (χ1) is 14.0. The second kappa shape index (κ2) is 8.61. The molecule has 3 aromatic rings. The molecule has 1 aromatic carbocycles. The number of hydrogen-bond acceptors (Lipinski definition) is 3. The van der Waals surface area contributed by atoms with Crippen LogP contribution in [-0.4, -0.2) is 53.0 Å². The number of nitrogens with zero attached hydrogens (tertiary/aromatic N) is 4. The molecule has 0 unspecified atom stereocenters. The van der Waals surface area contributed by atoms with Crippen molar-refractivity contribution in [3.05, 3.63) is 41.0 Å². The van der Waals surface area contributed by atoms with Gasteiger partial charge in [-0.3, -0.25) is 0 Å². The lowest BCUT2D eigenvalue weighted by Gasteiger charge is -2.24. The molecule has 1 N–H and O–H groups in total. The SMILES string of the molecule is CC(C)CCNC(=O)N1CCCN(c2nc3cc(Br)ccc3n3cccc23)CC1. The Balaban J connectivity index is 1.54. The minimum atomic E-state index is 0.0516. The van der Waals surface area contributed by atoms with E-state index in [9.17, 15) is 4.79 Å². The zero-order valence-corrected chi connectivity index (χ0v) is 18.7. The van der Waals surface area contributed by atoms with Gasteiger partial charge >= 0.3 is 6.03 Å². The summed E-state index contributed by atoms with van der Waals surface area (Å²) in [5.74, 6) is 1.58. The largest absolute Gasteiger partial charge is 0.353 e. The van der Waals surface area contributed by atoms with Crippen molar-refractivity contribution in [2.24, 2.45) is 5.92 Å². The van der Waals surface area contributed by atoms with Gasteiger partial charge in [0, 0.05) is 43.4 Å². The molecule has 1 fully saturated rings. The molecule has 1 aliphatic rings. The second-order valence-electron chi connectivity index (χ2n) is 8.07. The maximum Gasteiger partial charge on any atom is 0.317 e. The predicted molar refractivity (Wildman–Crippen MR) is 122 cm³/mol. The smallest absolute Gasteiger partial charge is 0.317 e. The molecule has 0 aliphatic carbocycles. The van der Waals surface area contributed by atoms with Gasteiger partial charge in [0.1, 0.15) is 0 Å². The number of anilines is 1. The zero-order chi connectivity index (χ0) is 20.4. The Bertz CT molecular complexity index is 1020. The van der Waals surface area contributed by atoms with E-state index in [-0.39, 0.29) is 6.03 Å².